The van der Waals surface area contributed by atoms with Gasteiger partial charge in [0.1, 0.15) is 0 Å². The van der Waals surface area contributed by atoms with Gasteiger partial charge in [0.15, 0.2) is 0 Å². The van der Waals surface area contributed by atoms with Gasteiger partial charge >= 0.3 is 0 Å². The first-order valence-electron chi connectivity index (χ1n) is 7.59. The van der Waals surface area contributed by atoms with Gasteiger partial charge in [-0.1, -0.05) is 19.9 Å². The van der Waals surface area contributed by atoms with Crippen LogP contribution in [0.3, 0.4) is 0 Å². The summed E-state index contributed by atoms with van der Waals surface area (Å²) in [5, 5.41) is 0. The first kappa shape index (κ1) is 13.5. The Balaban J connectivity index is 1.86. The molecule has 1 aliphatic rings. The first-order valence-corrected chi connectivity index (χ1v) is 7.59. The van der Waals surface area contributed by atoms with Crippen molar-refractivity contribution < 1.29 is 0 Å². The fraction of sp³-hybridized carbons (Fsp3) is 0.529. The van der Waals surface area contributed by atoms with Gasteiger partial charge in [-0.2, -0.15) is 0 Å². The number of rotatable bonds is 2. The van der Waals surface area contributed by atoms with Gasteiger partial charge in [0.2, 0.25) is 0 Å². The molecule has 1 heterocycles. The minimum atomic E-state index is 0.117. The third kappa shape index (κ3) is 2.68. The molecule has 1 saturated carbocycles. The Kier molecular flexibility index (Phi) is 3.70. The Morgan fingerprint density at radius 3 is 2.35 bits per heavy atom. The van der Waals surface area contributed by atoms with E-state index in [2.05, 4.69) is 35.9 Å². The van der Waals surface area contributed by atoms with Crippen LogP contribution in [-0.4, -0.2) is 9.97 Å². The zero-order valence-corrected chi connectivity index (χ0v) is 12.3. The van der Waals surface area contributed by atoms with Crippen molar-refractivity contribution in [1.29, 1.82) is 0 Å². The molecule has 0 radical (unpaired) electrons. The molecule has 0 aliphatic heterocycles. The van der Waals surface area contributed by atoms with Gasteiger partial charge in [0.05, 0.1) is 11.0 Å². The van der Waals surface area contributed by atoms with E-state index in [0.29, 0.717) is 5.92 Å². The lowest BCUT2D eigenvalue weighted by Crippen LogP contribution is -2.29. The van der Waals surface area contributed by atoms with Crippen molar-refractivity contribution in [2.24, 2.45) is 23.5 Å². The predicted molar refractivity (Wildman–Crippen MR) is 82.1 cm³/mol. The van der Waals surface area contributed by atoms with Crippen LogP contribution in [0.15, 0.2) is 30.6 Å². The second kappa shape index (κ2) is 5.49. The Labute approximate surface area is 120 Å². The number of nitrogens with two attached hydrogens (primary N) is 1. The smallest absolute Gasteiger partial charge is 0.0890 e. The highest BCUT2D eigenvalue weighted by Crippen LogP contribution is 2.39. The fourth-order valence-corrected chi connectivity index (χ4v) is 3.76. The van der Waals surface area contributed by atoms with Crippen molar-refractivity contribution in [2.45, 2.75) is 39.2 Å². The third-order valence-electron chi connectivity index (χ3n) is 4.60. The van der Waals surface area contributed by atoms with Gasteiger partial charge in [-0.25, -0.2) is 0 Å². The topological polar surface area (TPSA) is 51.8 Å². The second-order valence-electron chi connectivity index (χ2n) is 6.51. The number of fused-ring (bicyclic) bond motifs is 1. The fourth-order valence-electron chi connectivity index (χ4n) is 3.76. The first-order chi connectivity index (χ1) is 9.63. The third-order valence-corrected chi connectivity index (χ3v) is 4.60. The normalized spacial score (nSPS) is 28.4. The highest BCUT2D eigenvalue weighted by Gasteiger charge is 2.29. The highest BCUT2D eigenvalue weighted by molar-refractivity contribution is 5.74. The lowest BCUT2D eigenvalue weighted by molar-refractivity contribution is 0.193. The van der Waals surface area contributed by atoms with Gasteiger partial charge in [0.25, 0.3) is 0 Å². The van der Waals surface area contributed by atoms with E-state index in [9.17, 15) is 0 Å². The zero-order valence-electron chi connectivity index (χ0n) is 12.3. The van der Waals surface area contributed by atoms with Crippen LogP contribution in [0, 0.1) is 17.8 Å². The molecule has 1 fully saturated rings. The summed E-state index contributed by atoms with van der Waals surface area (Å²) in [5.41, 5.74) is 9.62. The maximum Gasteiger partial charge on any atom is 0.0890 e. The molecule has 2 N–H and O–H groups in total. The molecular formula is C17H23N3. The van der Waals surface area contributed by atoms with Gasteiger partial charge in [0, 0.05) is 18.4 Å². The molecule has 1 aliphatic carbocycles. The van der Waals surface area contributed by atoms with Gasteiger partial charge < -0.3 is 5.73 Å². The number of benzene rings is 1. The van der Waals surface area contributed by atoms with Crippen LogP contribution in [0.25, 0.3) is 11.0 Å². The quantitative estimate of drug-likeness (QED) is 0.904. The molecule has 0 saturated heterocycles. The SMILES string of the molecule is CC1CC(C)CC(C(N)c2ccc3nccnc3c2)C1. The average Bonchev–Trinajstić information content (AvgIpc) is 2.45. The van der Waals surface area contributed by atoms with E-state index < -0.39 is 0 Å². The van der Waals surface area contributed by atoms with Crippen molar-refractivity contribution in [1.82, 2.24) is 9.97 Å². The van der Waals surface area contributed by atoms with Crippen molar-refractivity contribution in [3.63, 3.8) is 0 Å². The lowest BCUT2D eigenvalue weighted by Gasteiger charge is -2.35. The summed E-state index contributed by atoms with van der Waals surface area (Å²) >= 11 is 0. The Bertz CT molecular complexity index is 586. The zero-order chi connectivity index (χ0) is 14.1. The van der Waals surface area contributed by atoms with Crippen molar-refractivity contribution in [2.75, 3.05) is 0 Å². The molecule has 20 heavy (non-hydrogen) atoms. The molecule has 2 aromatic rings. The Morgan fingerprint density at radius 1 is 1.00 bits per heavy atom. The summed E-state index contributed by atoms with van der Waals surface area (Å²) in [6.45, 7) is 4.70. The van der Waals surface area contributed by atoms with Gasteiger partial charge in [-0.3, -0.25) is 9.97 Å². The van der Waals surface area contributed by atoms with Crippen LogP contribution in [0.2, 0.25) is 0 Å². The molecule has 3 unspecified atom stereocenters. The number of nitrogens with zero attached hydrogens (tertiary/aromatic N) is 2. The monoisotopic (exact) mass is 269 g/mol. The van der Waals surface area contributed by atoms with Crippen molar-refractivity contribution >= 4 is 11.0 Å². The highest BCUT2D eigenvalue weighted by atomic mass is 14.8. The molecule has 0 amide bonds. The predicted octanol–water partition coefficient (Wildman–Crippen LogP) is 3.70. The van der Waals surface area contributed by atoms with Crippen molar-refractivity contribution in [3.05, 3.63) is 36.2 Å². The summed E-state index contributed by atoms with van der Waals surface area (Å²) in [4.78, 5) is 8.70. The largest absolute Gasteiger partial charge is 0.324 e. The van der Waals surface area contributed by atoms with E-state index in [-0.39, 0.29) is 6.04 Å². The van der Waals surface area contributed by atoms with E-state index >= 15 is 0 Å². The van der Waals surface area contributed by atoms with Crippen LogP contribution >= 0.6 is 0 Å². The summed E-state index contributed by atoms with van der Waals surface area (Å²) in [6, 6.07) is 6.38. The standard InChI is InChI=1S/C17H23N3/c1-11-7-12(2)9-14(8-11)17(18)13-3-4-15-16(10-13)20-6-5-19-15/h3-6,10-12,14,17H,7-9,18H2,1-2H3. The maximum absolute atomic E-state index is 6.54. The molecule has 0 bridgehead atoms. The van der Waals surface area contributed by atoms with Crippen molar-refractivity contribution in [3.8, 4) is 0 Å². The summed E-state index contributed by atoms with van der Waals surface area (Å²) < 4.78 is 0. The van der Waals surface area contributed by atoms with E-state index in [1.165, 1.54) is 24.8 Å². The molecular weight excluding hydrogens is 246 g/mol. The number of hydrogen-bond donors (Lipinski definition) is 1. The summed E-state index contributed by atoms with van der Waals surface area (Å²) in [5.74, 6) is 2.16. The van der Waals surface area contributed by atoms with E-state index in [0.717, 1.165) is 22.9 Å². The average molecular weight is 269 g/mol. The van der Waals surface area contributed by atoms with E-state index in [1.54, 1.807) is 12.4 Å². The van der Waals surface area contributed by atoms with Crippen LogP contribution in [0.5, 0.6) is 0 Å². The summed E-state index contributed by atoms with van der Waals surface area (Å²) in [6.07, 6.45) is 7.29. The molecule has 3 rings (SSSR count). The van der Waals surface area contributed by atoms with Gasteiger partial charge in [-0.15, -0.1) is 0 Å². The van der Waals surface area contributed by atoms with Crippen LogP contribution in [0.4, 0.5) is 0 Å². The minimum Gasteiger partial charge on any atom is -0.324 e. The maximum atomic E-state index is 6.54. The molecule has 3 nitrogen and oxygen atoms in total. The number of aromatic nitrogens is 2. The number of hydrogen-bond acceptors (Lipinski definition) is 3. The van der Waals surface area contributed by atoms with Crippen LogP contribution < -0.4 is 5.73 Å². The van der Waals surface area contributed by atoms with Crippen LogP contribution in [0.1, 0.15) is 44.7 Å². The van der Waals surface area contributed by atoms with Crippen LogP contribution in [-0.2, 0) is 0 Å². The van der Waals surface area contributed by atoms with E-state index in [4.69, 9.17) is 5.73 Å². The Hall–Kier alpha value is -1.48. The van der Waals surface area contributed by atoms with Gasteiger partial charge in [-0.05, 0) is 54.7 Å². The Morgan fingerprint density at radius 2 is 1.65 bits per heavy atom. The summed E-state index contributed by atoms with van der Waals surface area (Å²) in [7, 11) is 0. The molecule has 3 atom stereocenters. The minimum absolute atomic E-state index is 0.117. The second-order valence-corrected chi connectivity index (χ2v) is 6.51. The molecule has 0 spiro atoms. The molecule has 1 aromatic heterocycles. The lowest BCUT2D eigenvalue weighted by atomic mass is 9.72. The van der Waals surface area contributed by atoms with E-state index in [1.807, 2.05) is 6.07 Å². The molecule has 106 valence electrons. The molecule has 1 aromatic carbocycles. The molecule has 3 heteroatoms.